The molecule has 0 aliphatic rings. The quantitative estimate of drug-likeness (QED) is 0.359. The molecule has 0 aliphatic heterocycles. The van der Waals surface area contributed by atoms with E-state index in [1.54, 1.807) is 0 Å². The summed E-state index contributed by atoms with van der Waals surface area (Å²) in [6.07, 6.45) is 0.700. The van der Waals surface area contributed by atoms with E-state index in [0.29, 0.717) is 6.42 Å². The van der Waals surface area contributed by atoms with Crippen LogP contribution in [0.15, 0.2) is 29.3 Å². The second-order valence-corrected chi connectivity index (χ2v) is 4.05. The zero-order chi connectivity index (χ0) is 11.3. The maximum atomic E-state index is 5.80. The first-order valence-corrected chi connectivity index (χ1v) is 5.27. The minimum Gasteiger partial charge on any atom is -0.312 e. The summed E-state index contributed by atoms with van der Waals surface area (Å²) >= 11 is 5.80. The van der Waals surface area contributed by atoms with Gasteiger partial charge in [-0.25, -0.2) is 5.84 Å². The third-order valence-corrected chi connectivity index (χ3v) is 2.12. The number of halogens is 1. The second kappa shape index (κ2) is 5.73. The Bertz CT molecular complexity index is 330. The number of hydrogen-bond donors (Lipinski definition) is 2. The molecule has 0 atom stereocenters. The lowest BCUT2D eigenvalue weighted by atomic mass is 10.1. The van der Waals surface area contributed by atoms with Crippen LogP contribution in [-0.4, -0.2) is 11.9 Å². The van der Waals surface area contributed by atoms with E-state index in [4.69, 9.17) is 17.4 Å². The van der Waals surface area contributed by atoms with E-state index in [1.807, 2.05) is 38.1 Å². The van der Waals surface area contributed by atoms with Crippen molar-refractivity contribution in [3.05, 3.63) is 34.9 Å². The molecule has 0 radical (unpaired) electrons. The van der Waals surface area contributed by atoms with Gasteiger partial charge in [0, 0.05) is 17.5 Å². The Labute approximate surface area is 95.3 Å². The Balaban J connectivity index is 2.71. The maximum Gasteiger partial charge on any atom is 0.115 e. The van der Waals surface area contributed by atoms with Gasteiger partial charge in [0.1, 0.15) is 5.84 Å². The monoisotopic (exact) mass is 225 g/mol. The lowest BCUT2D eigenvalue weighted by Gasteiger charge is -2.07. The standard InChI is InChI=1S/C11H16ClN3/c1-8(2)14-11(15-13)7-9-3-5-10(12)6-4-9/h3-6,8H,7,13H2,1-2H3,(H,14,15). The van der Waals surface area contributed by atoms with Gasteiger partial charge in [-0.15, -0.1) is 0 Å². The third kappa shape index (κ3) is 4.32. The van der Waals surface area contributed by atoms with Crippen LogP contribution >= 0.6 is 11.6 Å². The Kier molecular flexibility index (Phi) is 4.59. The van der Waals surface area contributed by atoms with Gasteiger partial charge in [-0.2, -0.15) is 0 Å². The van der Waals surface area contributed by atoms with Crippen molar-refractivity contribution in [1.29, 1.82) is 0 Å². The Morgan fingerprint density at radius 1 is 1.40 bits per heavy atom. The molecule has 0 unspecified atom stereocenters. The first kappa shape index (κ1) is 12.0. The predicted molar refractivity (Wildman–Crippen MR) is 65.1 cm³/mol. The van der Waals surface area contributed by atoms with Crippen LogP contribution in [0.1, 0.15) is 19.4 Å². The molecule has 0 saturated heterocycles. The largest absolute Gasteiger partial charge is 0.312 e. The summed E-state index contributed by atoms with van der Waals surface area (Å²) in [5, 5.41) is 0.738. The minimum atomic E-state index is 0.239. The number of rotatable bonds is 3. The van der Waals surface area contributed by atoms with E-state index < -0.39 is 0 Å². The molecule has 0 aromatic heterocycles. The zero-order valence-corrected chi connectivity index (χ0v) is 9.75. The highest BCUT2D eigenvalue weighted by Crippen LogP contribution is 2.10. The molecule has 0 bridgehead atoms. The van der Waals surface area contributed by atoms with Gasteiger partial charge in [-0.3, -0.25) is 4.99 Å². The number of nitrogens with zero attached hydrogens (tertiary/aromatic N) is 1. The SMILES string of the molecule is CC(C)N=C(Cc1ccc(Cl)cc1)NN. The van der Waals surface area contributed by atoms with Crippen LogP contribution in [0.25, 0.3) is 0 Å². The van der Waals surface area contributed by atoms with Crippen molar-refractivity contribution in [3.63, 3.8) is 0 Å². The number of benzene rings is 1. The molecule has 3 N–H and O–H groups in total. The maximum absolute atomic E-state index is 5.80. The average molecular weight is 226 g/mol. The summed E-state index contributed by atoms with van der Waals surface area (Å²) in [7, 11) is 0. The van der Waals surface area contributed by atoms with Crippen molar-refractivity contribution < 1.29 is 0 Å². The molecule has 0 saturated carbocycles. The molecule has 0 amide bonds. The topological polar surface area (TPSA) is 50.4 Å². The molecule has 0 spiro atoms. The van der Waals surface area contributed by atoms with Gasteiger partial charge in [-0.05, 0) is 31.5 Å². The van der Waals surface area contributed by atoms with Gasteiger partial charge in [0.15, 0.2) is 0 Å². The van der Waals surface area contributed by atoms with E-state index in [2.05, 4.69) is 10.4 Å². The van der Waals surface area contributed by atoms with Crippen LogP contribution in [0.5, 0.6) is 0 Å². The summed E-state index contributed by atoms with van der Waals surface area (Å²) in [6, 6.07) is 7.90. The van der Waals surface area contributed by atoms with Gasteiger partial charge < -0.3 is 5.43 Å². The Hall–Kier alpha value is -1.06. The molecule has 4 heteroatoms. The van der Waals surface area contributed by atoms with E-state index in [0.717, 1.165) is 16.4 Å². The lowest BCUT2D eigenvalue weighted by Crippen LogP contribution is -2.32. The number of amidine groups is 1. The number of hydrogen-bond acceptors (Lipinski definition) is 2. The fourth-order valence-corrected chi connectivity index (χ4v) is 1.37. The van der Waals surface area contributed by atoms with Crippen LogP contribution in [0, 0.1) is 0 Å². The van der Waals surface area contributed by atoms with Crippen molar-refractivity contribution in [2.75, 3.05) is 0 Å². The first-order valence-electron chi connectivity index (χ1n) is 4.89. The van der Waals surface area contributed by atoms with E-state index in [-0.39, 0.29) is 6.04 Å². The molecule has 15 heavy (non-hydrogen) atoms. The van der Waals surface area contributed by atoms with Crippen molar-refractivity contribution in [3.8, 4) is 0 Å². The van der Waals surface area contributed by atoms with Crippen LogP contribution in [0.3, 0.4) is 0 Å². The fourth-order valence-electron chi connectivity index (χ4n) is 1.24. The van der Waals surface area contributed by atoms with E-state index >= 15 is 0 Å². The Morgan fingerprint density at radius 2 is 2.00 bits per heavy atom. The third-order valence-electron chi connectivity index (χ3n) is 1.87. The van der Waals surface area contributed by atoms with Crippen LogP contribution < -0.4 is 11.3 Å². The molecule has 1 aromatic carbocycles. The summed E-state index contributed by atoms with van der Waals surface area (Å²) in [5.41, 5.74) is 3.75. The minimum absolute atomic E-state index is 0.239. The van der Waals surface area contributed by atoms with Gasteiger partial charge in [0.05, 0.1) is 0 Å². The smallest absolute Gasteiger partial charge is 0.115 e. The van der Waals surface area contributed by atoms with E-state index in [9.17, 15) is 0 Å². The number of nitrogens with two attached hydrogens (primary N) is 1. The van der Waals surface area contributed by atoms with Gasteiger partial charge in [-0.1, -0.05) is 23.7 Å². The molecular formula is C11H16ClN3. The van der Waals surface area contributed by atoms with Gasteiger partial charge in [0.2, 0.25) is 0 Å². The van der Waals surface area contributed by atoms with Crippen molar-refractivity contribution in [1.82, 2.24) is 5.43 Å². The molecule has 1 aromatic rings. The zero-order valence-electron chi connectivity index (χ0n) is 9.00. The number of hydrazine groups is 1. The van der Waals surface area contributed by atoms with Crippen LogP contribution in [0.4, 0.5) is 0 Å². The molecule has 0 aliphatic carbocycles. The van der Waals surface area contributed by atoms with E-state index in [1.165, 1.54) is 0 Å². The Morgan fingerprint density at radius 3 is 2.47 bits per heavy atom. The average Bonchev–Trinajstić information content (AvgIpc) is 2.19. The molecular weight excluding hydrogens is 210 g/mol. The lowest BCUT2D eigenvalue weighted by molar-refractivity contribution is 0.811. The highest BCUT2D eigenvalue weighted by atomic mass is 35.5. The molecule has 0 heterocycles. The van der Waals surface area contributed by atoms with Gasteiger partial charge >= 0.3 is 0 Å². The summed E-state index contributed by atoms with van der Waals surface area (Å²) in [4.78, 5) is 4.36. The normalized spacial score (nSPS) is 11.9. The number of nitrogens with one attached hydrogen (secondary N) is 1. The first-order chi connectivity index (χ1) is 7.11. The predicted octanol–water partition coefficient (Wildman–Crippen LogP) is 2.15. The van der Waals surface area contributed by atoms with Crippen molar-refractivity contribution >= 4 is 17.4 Å². The fraction of sp³-hybridized carbons (Fsp3) is 0.364. The summed E-state index contributed by atoms with van der Waals surface area (Å²) < 4.78 is 0. The summed E-state index contributed by atoms with van der Waals surface area (Å²) in [5.74, 6) is 6.18. The summed E-state index contributed by atoms with van der Waals surface area (Å²) in [6.45, 7) is 4.03. The molecule has 3 nitrogen and oxygen atoms in total. The van der Waals surface area contributed by atoms with Crippen molar-refractivity contribution in [2.45, 2.75) is 26.3 Å². The molecule has 1 rings (SSSR count). The van der Waals surface area contributed by atoms with Crippen molar-refractivity contribution in [2.24, 2.45) is 10.8 Å². The second-order valence-electron chi connectivity index (χ2n) is 3.62. The van der Waals surface area contributed by atoms with Crippen LogP contribution in [0.2, 0.25) is 5.02 Å². The highest BCUT2D eigenvalue weighted by Gasteiger charge is 2.00. The molecule has 82 valence electrons. The number of aliphatic imine (C=N–C) groups is 1. The van der Waals surface area contributed by atoms with Gasteiger partial charge in [0.25, 0.3) is 0 Å². The highest BCUT2D eigenvalue weighted by molar-refractivity contribution is 6.30. The molecule has 0 fully saturated rings. The van der Waals surface area contributed by atoms with Crippen LogP contribution in [-0.2, 0) is 6.42 Å².